The lowest BCUT2D eigenvalue weighted by Crippen LogP contribution is -2.43. The van der Waals surface area contributed by atoms with Crippen LogP contribution in [0.4, 0.5) is 0 Å². The largest absolute Gasteiger partial charge is 0.481 e. The van der Waals surface area contributed by atoms with Gasteiger partial charge in [0.05, 0.1) is 19.1 Å². The van der Waals surface area contributed by atoms with E-state index in [1.165, 1.54) is 0 Å². The van der Waals surface area contributed by atoms with Crippen molar-refractivity contribution in [3.05, 3.63) is 12.7 Å². The van der Waals surface area contributed by atoms with Crippen molar-refractivity contribution in [2.75, 3.05) is 26.2 Å². The normalized spacial score (nSPS) is 23.3. The van der Waals surface area contributed by atoms with Gasteiger partial charge in [-0.05, 0) is 6.42 Å². The number of carboxylic acid groups (broad SMARTS) is 1. The Bertz CT molecular complexity index is 206. The van der Waals surface area contributed by atoms with Gasteiger partial charge >= 0.3 is 5.97 Å². The molecular formula is C10H17NO3. The van der Waals surface area contributed by atoms with Crippen LogP contribution in [0.5, 0.6) is 0 Å². The van der Waals surface area contributed by atoms with Gasteiger partial charge in [0.1, 0.15) is 0 Å². The molecule has 0 aromatic carbocycles. The van der Waals surface area contributed by atoms with Crippen molar-refractivity contribution in [2.24, 2.45) is 0 Å². The molecule has 0 aliphatic carbocycles. The molecule has 4 heteroatoms. The first kappa shape index (κ1) is 11.2. The summed E-state index contributed by atoms with van der Waals surface area (Å²) in [4.78, 5) is 12.7. The molecule has 0 aromatic rings. The number of ether oxygens (including phenoxy) is 1. The zero-order chi connectivity index (χ0) is 10.4. The Kier molecular flexibility index (Phi) is 4.62. The molecule has 4 nitrogen and oxygen atoms in total. The number of nitrogens with zero attached hydrogens (tertiary/aromatic N) is 1. The minimum Gasteiger partial charge on any atom is -0.481 e. The van der Waals surface area contributed by atoms with Crippen molar-refractivity contribution < 1.29 is 14.6 Å². The van der Waals surface area contributed by atoms with Crippen molar-refractivity contribution in [3.8, 4) is 0 Å². The van der Waals surface area contributed by atoms with Gasteiger partial charge in [0.25, 0.3) is 0 Å². The standard InChI is InChI=1S/C10H17NO3/c1-2-3-4-11-5-6-14-9(8-11)7-10(12)13/h2,9H,1,3-8H2,(H,12,13). The monoisotopic (exact) mass is 199 g/mol. The van der Waals surface area contributed by atoms with Crippen LogP contribution in [-0.2, 0) is 9.53 Å². The Morgan fingerprint density at radius 1 is 1.71 bits per heavy atom. The molecule has 1 unspecified atom stereocenters. The van der Waals surface area contributed by atoms with Crippen molar-refractivity contribution in [2.45, 2.75) is 18.9 Å². The molecule has 1 aliphatic rings. The van der Waals surface area contributed by atoms with Crippen LogP contribution >= 0.6 is 0 Å². The number of hydrogen-bond donors (Lipinski definition) is 1. The second-order valence-corrected chi connectivity index (χ2v) is 3.47. The fourth-order valence-corrected chi connectivity index (χ4v) is 1.58. The van der Waals surface area contributed by atoms with Gasteiger partial charge in [-0.15, -0.1) is 6.58 Å². The molecule has 0 saturated carbocycles. The summed E-state index contributed by atoms with van der Waals surface area (Å²) in [5, 5.41) is 8.61. The summed E-state index contributed by atoms with van der Waals surface area (Å²) in [5.41, 5.74) is 0. The number of carboxylic acids is 1. The molecule has 14 heavy (non-hydrogen) atoms. The Balaban J connectivity index is 2.27. The van der Waals surface area contributed by atoms with Gasteiger partial charge in [0.15, 0.2) is 0 Å². The Morgan fingerprint density at radius 3 is 3.14 bits per heavy atom. The van der Waals surface area contributed by atoms with Crippen LogP contribution in [0.25, 0.3) is 0 Å². The molecule has 1 heterocycles. The van der Waals surface area contributed by atoms with E-state index in [4.69, 9.17) is 9.84 Å². The van der Waals surface area contributed by atoms with Crippen LogP contribution in [0.2, 0.25) is 0 Å². The van der Waals surface area contributed by atoms with Crippen molar-refractivity contribution >= 4 is 5.97 Å². The van der Waals surface area contributed by atoms with Gasteiger partial charge in [-0.25, -0.2) is 0 Å². The van der Waals surface area contributed by atoms with E-state index in [1.807, 2.05) is 6.08 Å². The average Bonchev–Trinajstić information content (AvgIpc) is 2.14. The highest BCUT2D eigenvalue weighted by Crippen LogP contribution is 2.08. The van der Waals surface area contributed by atoms with Crippen molar-refractivity contribution in [1.29, 1.82) is 0 Å². The third-order valence-electron chi connectivity index (χ3n) is 2.27. The lowest BCUT2D eigenvalue weighted by Gasteiger charge is -2.31. The number of carbonyl (C=O) groups is 1. The van der Waals surface area contributed by atoms with Crippen LogP contribution in [0.1, 0.15) is 12.8 Å². The predicted octanol–water partition coefficient (Wildman–Crippen LogP) is 0.738. The molecule has 0 bridgehead atoms. The zero-order valence-electron chi connectivity index (χ0n) is 8.32. The molecular weight excluding hydrogens is 182 g/mol. The fraction of sp³-hybridized carbons (Fsp3) is 0.700. The van der Waals surface area contributed by atoms with Gasteiger partial charge in [-0.2, -0.15) is 0 Å². The minimum absolute atomic E-state index is 0.102. The third-order valence-corrected chi connectivity index (χ3v) is 2.27. The van der Waals surface area contributed by atoms with E-state index in [0.29, 0.717) is 6.61 Å². The zero-order valence-corrected chi connectivity index (χ0v) is 8.32. The molecule has 0 amide bonds. The summed E-state index contributed by atoms with van der Waals surface area (Å²) >= 11 is 0. The first-order valence-electron chi connectivity index (χ1n) is 4.89. The number of morpholine rings is 1. The van der Waals surface area contributed by atoms with Crippen molar-refractivity contribution in [3.63, 3.8) is 0 Å². The lowest BCUT2D eigenvalue weighted by atomic mass is 10.2. The van der Waals surface area contributed by atoms with E-state index in [-0.39, 0.29) is 12.5 Å². The SMILES string of the molecule is C=CCCN1CCOC(CC(=O)O)C1. The van der Waals surface area contributed by atoms with E-state index < -0.39 is 5.97 Å². The summed E-state index contributed by atoms with van der Waals surface area (Å²) < 4.78 is 5.35. The van der Waals surface area contributed by atoms with Crippen LogP contribution < -0.4 is 0 Å². The number of aliphatic carboxylic acids is 1. The second kappa shape index (κ2) is 5.78. The summed E-state index contributed by atoms with van der Waals surface area (Å²) in [7, 11) is 0. The van der Waals surface area contributed by atoms with E-state index >= 15 is 0 Å². The smallest absolute Gasteiger partial charge is 0.306 e. The van der Waals surface area contributed by atoms with Gasteiger partial charge in [0, 0.05) is 19.6 Å². The van der Waals surface area contributed by atoms with Crippen LogP contribution in [0, 0.1) is 0 Å². The first-order chi connectivity index (χ1) is 6.72. The summed E-state index contributed by atoms with van der Waals surface area (Å²) in [5.74, 6) is -0.791. The molecule has 80 valence electrons. The maximum Gasteiger partial charge on any atom is 0.306 e. The predicted molar refractivity (Wildman–Crippen MR) is 53.2 cm³/mol. The Morgan fingerprint density at radius 2 is 2.50 bits per heavy atom. The maximum atomic E-state index is 10.5. The number of hydrogen-bond acceptors (Lipinski definition) is 3. The van der Waals surface area contributed by atoms with Crippen molar-refractivity contribution in [1.82, 2.24) is 4.90 Å². The highest BCUT2D eigenvalue weighted by Gasteiger charge is 2.21. The van der Waals surface area contributed by atoms with Gasteiger partial charge < -0.3 is 9.84 Å². The molecule has 1 atom stereocenters. The molecule has 0 radical (unpaired) electrons. The quantitative estimate of drug-likeness (QED) is 0.663. The molecule has 1 fully saturated rings. The Labute approximate surface area is 84.2 Å². The lowest BCUT2D eigenvalue weighted by molar-refractivity contribution is -0.142. The summed E-state index contributed by atoms with van der Waals surface area (Å²) in [6.45, 7) is 6.86. The molecule has 0 aromatic heterocycles. The topological polar surface area (TPSA) is 49.8 Å². The molecule has 0 spiro atoms. The molecule has 1 N–H and O–H groups in total. The van der Waals surface area contributed by atoms with E-state index in [0.717, 1.165) is 26.1 Å². The fourth-order valence-electron chi connectivity index (χ4n) is 1.58. The van der Waals surface area contributed by atoms with E-state index in [1.54, 1.807) is 0 Å². The first-order valence-corrected chi connectivity index (χ1v) is 4.89. The highest BCUT2D eigenvalue weighted by molar-refractivity contribution is 5.67. The van der Waals surface area contributed by atoms with Crippen LogP contribution in [0.3, 0.4) is 0 Å². The average molecular weight is 199 g/mol. The summed E-state index contributed by atoms with van der Waals surface area (Å²) in [6.07, 6.45) is 2.78. The minimum atomic E-state index is -0.791. The van der Waals surface area contributed by atoms with Crippen LogP contribution in [-0.4, -0.2) is 48.3 Å². The van der Waals surface area contributed by atoms with Gasteiger partial charge in [0.2, 0.25) is 0 Å². The maximum absolute atomic E-state index is 10.5. The van der Waals surface area contributed by atoms with E-state index in [9.17, 15) is 4.79 Å². The van der Waals surface area contributed by atoms with Crippen LogP contribution in [0.15, 0.2) is 12.7 Å². The van der Waals surface area contributed by atoms with E-state index in [2.05, 4.69) is 11.5 Å². The van der Waals surface area contributed by atoms with Gasteiger partial charge in [-0.1, -0.05) is 6.08 Å². The Hall–Kier alpha value is -0.870. The third kappa shape index (κ3) is 3.89. The number of rotatable bonds is 5. The molecule has 1 saturated heterocycles. The second-order valence-electron chi connectivity index (χ2n) is 3.47. The molecule has 1 aliphatic heterocycles. The summed E-state index contributed by atoms with van der Waals surface area (Å²) in [6, 6.07) is 0. The van der Waals surface area contributed by atoms with Gasteiger partial charge in [-0.3, -0.25) is 9.69 Å². The molecule has 1 rings (SSSR count). The highest BCUT2D eigenvalue weighted by atomic mass is 16.5.